The summed E-state index contributed by atoms with van der Waals surface area (Å²) < 4.78 is 25.8. The first-order chi connectivity index (χ1) is 15.4. The third kappa shape index (κ3) is 7.78. The summed E-state index contributed by atoms with van der Waals surface area (Å²) in [6.07, 6.45) is 1.36. The lowest BCUT2D eigenvalue weighted by atomic mass is 10.1. The molecular weight excluding hydrogens is 509 g/mol. The zero-order chi connectivity index (χ0) is 24.8. The van der Waals surface area contributed by atoms with Gasteiger partial charge in [-0.3, -0.25) is 13.9 Å². The molecule has 11 heteroatoms. The van der Waals surface area contributed by atoms with Gasteiger partial charge in [0.2, 0.25) is 21.8 Å². The Hall–Kier alpha value is -2.00. The van der Waals surface area contributed by atoms with E-state index >= 15 is 0 Å². The van der Waals surface area contributed by atoms with Crippen LogP contribution in [0.25, 0.3) is 0 Å². The van der Waals surface area contributed by atoms with Crippen molar-refractivity contribution < 1.29 is 18.0 Å². The lowest BCUT2D eigenvalue weighted by Gasteiger charge is -2.29. The normalized spacial score (nSPS) is 12.2. The van der Waals surface area contributed by atoms with Gasteiger partial charge in [0.25, 0.3) is 0 Å². The third-order valence-corrected chi connectivity index (χ3v) is 7.03. The summed E-state index contributed by atoms with van der Waals surface area (Å²) in [5, 5.41) is 3.79. The van der Waals surface area contributed by atoms with Crippen molar-refractivity contribution in [2.45, 2.75) is 32.4 Å². The van der Waals surface area contributed by atoms with Gasteiger partial charge in [0.15, 0.2) is 0 Å². The number of likely N-dealkylation sites (N-methyl/N-ethyl adjacent to an activating group) is 1. The number of amides is 2. The summed E-state index contributed by atoms with van der Waals surface area (Å²) in [4.78, 5) is 26.8. The quantitative estimate of drug-likeness (QED) is 0.491. The van der Waals surface area contributed by atoms with Gasteiger partial charge in [-0.2, -0.15) is 0 Å². The van der Waals surface area contributed by atoms with Crippen molar-refractivity contribution in [2.75, 3.05) is 24.2 Å². The van der Waals surface area contributed by atoms with E-state index in [0.29, 0.717) is 26.3 Å². The maximum atomic E-state index is 13.1. The Balaban J connectivity index is 2.18. The molecule has 2 aromatic carbocycles. The van der Waals surface area contributed by atoms with E-state index in [2.05, 4.69) is 5.32 Å². The van der Waals surface area contributed by atoms with Crippen molar-refractivity contribution in [1.82, 2.24) is 10.2 Å². The van der Waals surface area contributed by atoms with Gasteiger partial charge in [-0.1, -0.05) is 46.9 Å². The molecule has 0 aliphatic carbocycles. The van der Waals surface area contributed by atoms with E-state index < -0.39 is 16.1 Å². The molecule has 0 saturated carbocycles. The molecule has 7 nitrogen and oxygen atoms in total. The number of rotatable bonds is 10. The predicted octanol–water partition coefficient (Wildman–Crippen LogP) is 4.36. The van der Waals surface area contributed by atoms with Crippen LogP contribution in [0.2, 0.25) is 15.1 Å². The fourth-order valence-electron chi connectivity index (χ4n) is 3.26. The predicted molar refractivity (Wildman–Crippen MR) is 133 cm³/mol. The van der Waals surface area contributed by atoms with Crippen LogP contribution in [0.1, 0.15) is 25.3 Å². The maximum Gasteiger partial charge on any atom is 0.242 e. The van der Waals surface area contributed by atoms with Gasteiger partial charge in [0.1, 0.15) is 6.04 Å². The molecular formula is C22H26Cl3N3O4S. The molecule has 2 rings (SSSR count). The Morgan fingerprint density at radius 1 is 1.06 bits per heavy atom. The van der Waals surface area contributed by atoms with Crippen molar-refractivity contribution in [3.63, 3.8) is 0 Å². The van der Waals surface area contributed by atoms with E-state index in [1.54, 1.807) is 49.4 Å². The number of anilines is 1. The number of nitrogens with zero attached hydrogens (tertiary/aromatic N) is 2. The minimum absolute atomic E-state index is 0.0269. The third-order valence-electron chi connectivity index (χ3n) is 5.02. The average Bonchev–Trinajstić information content (AvgIpc) is 2.74. The molecule has 0 fully saturated rings. The minimum atomic E-state index is -3.59. The Labute approximate surface area is 209 Å². The number of hydrogen-bond donors (Lipinski definition) is 1. The summed E-state index contributed by atoms with van der Waals surface area (Å²) in [6, 6.07) is 10.7. The first-order valence-corrected chi connectivity index (χ1v) is 13.1. The molecule has 33 heavy (non-hydrogen) atoms. The van der Waals surface area contributed by atoms with Gasteiger partial charge in [-0.15, -0.1) is 0 Å². The topological polar surface area (TPSA) is 86.8 Å². The van der Waals surface area contributed by atoms with E-state index in [9.17, 15) is 18.0 Å². The highest BCUT2D eigenvalue weighted by Crippen LogP contribution is 2.25. The molecule has 0 spiro atoms. The monoisotopic (exact) mass is 533 g/mol. The van der Waals surface area contributed by atoms with Crippen molar-refractivity contribution in [1.29, 1.82) is 0 Å². The number of carbonyl (C=O) groups excluding carboxylic acids is 2. The summed E-state index contributed by atoms with van der Waals surface area (Å²) >= 11 is 18.2. The Morgan fingerprint density at radius 2 is 1.73 bits per heavy atom. The molecule has 0 aliphatic rings. The molecule has 180 valence electrons. The molecule has 0 aromatic heterocycles. The number of halogens is 3. The highest BCUT2D eigenvalue weighted by molar-refractivity contribution is 7.92. The van der Waals surface area contributed by atoms with Crippen LogP contribution in [0.5, 0.6) is 0 Å². The zero-order valence-corrected chi connectivity index (χ0v) is 21.6. The lowest BCUT2D eigenvalue weighted by molar-refractivity contribution is -0.140. The van der Waals surface area contributed by atoms with Crippen LogP contribution in [0.4, 0.5) is 5.69 Å². The smallest absolute Gasteiger partial charge is 0.242 e. The molecule has 0 radical (unpaired) electrons. The van der Waals surface area contributed by atoms with Crippen molar-refractivity contribution >= 4 is 62.3 Å². The van der Waals surface area contributed by atoms with Gasteiger partial charge in [0, 0.05) is 41.6 Å². The standard InChI is InChI=1S/C22H26Cl3N3O4S/c1-15(22(30)26-2)27(14-16-9-10-18(24)13-20(16)25)21(29)8-5-11-28(33(3,31)32)19-7-4-6-17(23)12-19/h4,6-7,9-10,12-13,15H,5,8,11,14H2,1-3H3,(H,26,30). The van der Waals surface area contributed by atoms with Crippen molar-refractivity contribution in [2.24, 2.45) is 0 Å². The molecule has 2 amide bonds. The number of benzene rings is 2. The van der Waals surface area contributed by atoms with Crippen LogP contribution in [0.3, 0.4) is 0 Å². The molecule has 0 heterocycles. The summed E-state index contributed by atoms with van der Waals surface area (Å²) in [7, 11) is -2.10. The van der Waals surface area contributed by atoms with Gasteiger partial charge < -0.3 is 10.2 Å². The van der Waals surface area contributed by atoms with Crippen molar-refractivity contribution in [3.05, 3.63) is 63.1 Å². The number of sulfonamides is 1. The van der Waals surface area contributed by atoms with E-state index in [0.717, 1.165) is 6.26 Å². The summed E-state index contributed by atoms with van der Waals surface area (Å²) in [6.45, 7) is 1.80. The van der Waals surface area contributed by atoms with Gasteiger partial charge >= 0.3 is 0 Å². The molecule has 1 atom stereocenters. The van der Waals surface area contributed by atoms with Crippen LogP contribution < -0.4 is 9.62 Å². The number of hydrogen-bond acceptors (Lipinski definition) is 4. The second-order valence-corrected chi connectivity index (χ2v) is 10.7. The second kappa shape index (κ2) is 11.9. The lowest BCUT2D eigenvalue weighted by Crippen LogP contribution is -2.46. The fourth-order valence-corrected chi connectivity index (χ4v) is 4.87. The molecule has 0 saturated heterocycles. The molecule has 2 aromatic rings. The SMILES string of the molecule is CNC(=O)C(C)N(Cc1ccc(Cl)cc1Cl)C(=O)CCCN(c1cccc(Cl)c1)S(C)(=O)=O. The minimum Gasteiger partial charge on any atom is -0.357 e. The van der Waals surface area contributed by atoms with Crippen LogP contribution >= 0.6 is 34.8 Å². The average molecular weight is 535 g/mol. The van der Waals surface area contributed by atoms with E-state index in [4.69, 9.17) is 34.8 Å². The second-order valence-electron chi connectivity index (χ2n) is 7.47. The van der Waals surface area contributed by atoms with E-state index in [1.165, 1.54) is 16.3 Å². The Kier molecular flexibility index (Phi) is 9.84. The number of nitrogens with one attached hydrogen (secondary N) is 1. The Morgan fingerprint density at radius 3 is 2.30 bits per heavy atom. The highest BCUT2D eigenvalue weighted by atomic mass is 35.5. The van der Waals surface area contributed by atoms with Crippen LogP contribution in [0, 0.1) is 0 Å². The fraction of sp³-hybridized carbons (Fsp3) is 0.364. The van der Waals surface area contributed by atoms with Crippen LogP contribution in [-0.4, -0.2) is 51.0 Å². The van der Waals surface area contributed by atoms with E-state index in [-0.39, 0.29) is 37.7 Å². The molecule has 0 bridgehead atoms. The Bertz CT molecular complexity index is 1110. The van der Waals surface area contributed by atoms with E-state index in [1.807, 2.05) is 0 Å². The first kappa shape index (κ1) is 27.2. The van der Waals surface area contributed by atoms with Crippen LogP contribution in [-0.2, 0) is 26.2 Å². The van der Waals surface area contributed by atoms with Crippen LogP contribution in [0.15, 0.2) is 42.5 Å². The van der Waals surface area contributed by atoms with Gasteiger partial charge in [-0.25, -0.2) is 8.42 Å². The summed E-state index contributed by atoms with van der Waals surface area (Å²) in [5.41, 5.74) is 1.06. The highest BCUT2D eigenvalue weighted by Gasteiger charge is 2.26. The molecule has 1 N–H and O–H groups in total. The van der Waals surface area contributed by atoms with Crippen molar-refractivity contribution in [3.8, 4) is 0 Å². The largest absolute Gasteiger partial charge is 0.357 e. The molecule has 1 unspecified atom stereocenters. The van der Waals surface area contributed by atoms with Gasteiger partial charge in [-0.05, 0) is 49.2 Å². The maximum absolute atomic E-state index is 13.1. The zero-order valence-electron chi connectivity index (χ0n) is 18.5. The molecule has 0 aliphatic heterocycles. The van der Waals surface area contributed by atoms with Gasteiger partial charge in [0.05, 0.1) is 11.9 Å². The summed E-state index contributed by atoms with van der Waals surface area (Å²) in [5.74, 6) is -0.637. The number of carbonyl (C=O) groups is 2. The first-order valence-electron chi connectivity index (χ1n) is 10.1.